The SMILES string of the molecule is CN1CCC(n2ccnc2-c2ccc(F)c(Cl)c2)C1=O. The summed E-state index contributed by atoms with van der Waals surface area (Å²) in [6.07, 6.45) is 4.15. The van der Waals surface area contributed by atoms with Gasteiger partial charge in [-0.2, -0.15) is 0 Å². The molecule has 0 aliphatic carbocycles. The molecule has 0 bridgehead atoms. The van der Waals surface area contributed by atoms with Crippen molar-refractivity contribution in [1.82, 2.24) is 14.5 Å². The predicted octanol–water partition coefficient (Wildman–Crippen LogP) is 2.75. The van der Waals surface area contributed by atoms with Gasteiger partial charge in [0.15, 0.2) is 0 Å². The van der Waals surface area contributed by atoms with E-state index in [1.54, 1.807) is 30.4 Å². The monoisotopic (exact) mass is 293 g/mol. The highest BCUT2D eigenvalue weighted by molar-refractivity contribution is 6.31. The van der Waals surface area contributed by atoms with Crippen LogP contribution in [0, 0.1) is 5.82 Å². The normalized spacial score (nSPS) is 18.9. The number of carbonyl (C=O) groups is 1. The Hall–Kier alpha value is -1.88. The maximum Gasteiger partial charge on any atom is 0.245 e. The molecule has 0 radical (unpaired) electrons. The molecule has 1 amide bonds. The summed E-state index contributed by atoms with van der Waals surface area (Å²) in [6.45, 7) is 0.727. The Morgan fingerprint density at radius 3 is 2.90 bits per heavy atom. The van der Waals surface area contributed by atoms with Gasteiger partial charge in [0.1, 0.15) is 17.7 Å². The Kier molecular flexibility index (Phi) is 3.22. The predicted molar refractivity (Wildman–Crippen MR) is 73.9 cm³/mol. The number of aromatic nitrogens is 2. The van der Waals surface area contributed by atoms with Gasteiger partial charge < -0.3 is 9.47 Å². The minimum atomic E-state index is -0.467. The van der Waals surface area contributed by atoms with Crippen LogP contribution < -0.4 is 0 Å². The highest BCUT2D eigenvalue weighted by Gasteiger charge is 2.31. The molecule has 3 rings (SSSR count). The van der Waals surface area contributed by atoms with Crippen molar-refractivity contribution in [2.45, 2.75) is 12.5 Å². The summed E-state index contributed by atoms with van der Waals surface area (Å²) < 4.78 is 15.1. The van der Waals surface area contributed by atoms with Crippen molar-refractivity contribution >= 4 is 17.5 Å². The van der Waals surface area contributed by atoms with Gasteiger partial charge >= 0.3 is 0 Å². The number of halogens is 2. The van der Waals surface area contributed by atoms with Crippen LogP contribution in [0.25, 0.3) is 11.4 Å². The third-order valence-electron chi connectivity index (χ3n) is 3.58. The van der Waals surface area contributed by atoms with E-state index in [0.29, 0.717) is 11.4 Å². The molecule has 1 aliphatic heterocycles. The summed E-state index contributed by atoms with van der Waals surface area (Å²) in [6, 6.07) is 4.20. The molecule has 20 heavy (non-hydrogen) atoms. The molecule has 0 saturated carbocycles. The van der Waals surface area contributed by atoms with E-state index in [2.05, 4.69) is 4.98 Å². The van der Waals surface area contributed by atoms with Gasteiger partial charge in [0.2, 0.25) is 5.91 Å². The third kappa shape index (κ3) is 2.08. The van der Waals surface area contributed by atoms with Gasteiger partial charge in [-0.15, -0.1) is 0 Å². The Balaban J connectivity index is 2.02. The minimum absolute atomic E-state index is 0.0481. The number of nitrogens with zero attached hydrogens (tertiary/aromatic N) is 3. The number of likely N-dealkylation sites (N-methyl/N-ethyl adjacent to an activating group) is 1. The number of hydrogen-bond donors (Lipinski definition) is 0. The number of carbonyl (C=O) groups excluding carboxylic acids is 1. The molecule has 1 unspecified atom stereocenters. The van der Waals surface area contributed by atoms with Gasteiger partial charge in [-0.25, -0.2) is 9.37 Å². The topological polar surface area (TPSA) is 38.1 Å². The number of amides is 1. The van der Waals surface area contributed by atoms with E-state index in [1.165, 1.54) is 12.1 Å². The molecule has 1 saturated heterocycles. The first-order chi connectivity index (χ1) is 9.58. The van der Waals surface area contributed by atoms with Crippen molar-refractivity contribution < 1.29 is 9.18 Å². The molecule has 104 valence electrons. The van der Waals surface area contributed by atoms with Crippen molar-refractivity contribution in [1.29, 1.82) is 0 Å². The average molecular weight is 294 g/mol. The lowest BCUT2D eigenvalue weighted by Gasteiger charge is -2.14. The van der Waals surface area contributed by atoms with Gasteiger partial charge in [0.25, 0.3) is 0 Å². The quantitative estimate of drug-likeness (QED) is 0.854. The number of likely N-dealkylation sites (tertiary alicyclic amines) is 1. The average Bonchev–Trinajstić information content (AvgIpc) is 3.01. The third-order valence-corrected chi connectivity index (χ3v) is 3.87. The van der Waals surface area contributed by atoms with Crippen LogP contribution in [-0.2, 0) is 4.79 Å². The molecule has 1 fully saturated rings. The smallest absolute Gasteiger partial charge is 0.245 e. The zero-order chi connectivity index (χ0) is 14.3. The summed E-state index contributed by atoms with van der Waals surface area (Å²) in [7, 11) is 1.79. The molecule has 2 aromatic rings. The zero-order valence-electron chi connectivity index (χ0n) is 10.9. The Bertz CT molecular complexity index is 670. The van der Waals surface area contributed by atoms with Crippen molar-refractivity contribution in [2.75, 3.05) is 13.6 Å². The summed E-state index contributed by atoms with van der Waals surface area (Å²) in [5.74, 6) is 0.225. The maximum absolute atomic E-state index is 13.2. The van der Waals surface area contributed by atoms with Crippen LogP contribution in [0.3, 0.4) is 0 Å². The fourth-order valence-corrected chi connectivity index (χ4v) is 2.67. The molecule has 4 nitrogen and oxygen atoms in total. The van der Waals surface area contributed by atoms with E-state index >= 15 is 0 Å². The van der Waals surface area contributed by atoms with Crippen molar-refractivity contribution in [3.05, 3.63) is 41.4 Å². The molecule has 1 atom stereocenters. The minimum Gasteiger partial charge on any atom is -0.344 e. The lowest BCUT2D eigenvalue weighted by Crippen LogP contribution is -2.24. The largest absolute Gasteiger partial charge is 0.344 e. The van der Waals surface area contributed by atoms with Gasteiger partial charge in [-0.05, 0) is 24.6 Å². The van der Waals surface area contributed by atoms with E-state index in [4.69, 9.17) is 11.6 Å². The number of benzene rings is 1. The van der Waals surface area contributed by atoms with Crippen molar-refractivity contribution in [3.8, 4) is 11.4 Å². The first-order valence-corrected chi connectivity index (χ1v) is 6.69. The van der Waals surface area contributed by atoms with Gasteiger partial charge in [-0.3, -0.25) is 4.79 Å². The van der Waals surface area contributed by atoms with Crippen LogP contribution in [0.1, 0.15) is 12.5 Å². The van der Waals surface area contributed by atoms with E-state index in [-0.39, 0.29) is 17.0 Å². The van der Waals surface area contributed by atoms with Crippen LogP contribution in [0.4, 0.5) is 4.39 Å². The van der Waals surface area contributed by atoms with Gasteiger partial charge in [-0.1, -0.05) is 11.6 Å². The van der Waals surface area contributed by atoms with E-state index in [0.717, 1.165) is 13.0 Å². The standard InChI is InChI=1S/C14H13ClFN3O/c1-18-6-4-12(14(18)20)19-7-5-17-13(19)9-2-3-11(16)10(15)8-9/h2-3,5,7-8,12H,4,6H2,1H3. The highest BCUT2D eigenvalue weighted by atomic mass is 35.5. The second-order valence-corrected chi connectivity index (χ2v) is 5.26. The van der Waals surface area contributed by atoms with E-state index in [1.807, 2.05) is 4.57 Å². The molecule has 1 aromatic heterocycles. The van der Waals surface area contributed by atoms with E-state index in [9.17, 15) is 9.18 Å². The maximum atomic E-state index is 13.2. The van der Waals surface area contributed by atoms with Crippen LogP contribution in [-0.4, -0.2) is 34.0 Å². The Morgan fingerprint density at radius 1 is 1.45 bits per heavy atom. The molecule has 6 heteroatoms. The summed E-state index contributed by atoms with van der Waals surface area (Å²) in [4.78, 5) is 18.1. The first kappa shape index (κ1) is 13.1. The summed E-state index contributed by atoms with van der Waals surface area (Å²) in [5.41, 5.74) is 0.698. The van der Waals surface area contributed by atoms with Gasteiger partial charge in [0.05, 0.1) is 5.02 Å². The molecule has 1 aromatic carbocycles. The molecular weight excluding hydrogens is 281 g/mol. The number of imidazole rings is 1. The van der Waals surface area contributed by atoms with Crippen molar-refractivity contribution in [2.24, 2.45) is 0 Å². The van der Waals surface area contributed by atoms with Crippen molar-refractivity contribution in [3.63, 3.8) is 0 Å². The Labute approximate surface area is 120 Å². The molecular formula is C14H13ClFN3O. The molecule has 1 aliphatic rings. The van der Waals surface area contributed by atoms with Crippen LogP contribution in [0.15, 0.2) is 30.6 Å². The molecule has 0 N–H and O–H groups in total. The fourth-order valence-electron chi connectivity index (χ4n) is 2.49. The molecule has 0 spiro atoms. The lowest BCUT2D eigenvalue weighted by molar-refractivity contribution is -0.129. The van der Waals surface area contributed by atoms with E-state index < -0.39 is 5.82 Å². The second kappa shape index (κ2) is 4.90. The number of hydrogen-bond acceptors (Lipinski definition) is 2. The molecule has 2 heterocycles. The first-order valence-electron chi connectivity index (χ1n) is 6.31. The van der Waals surface area contributed by atoms with Gasteiger partial charge in [0, 0.05) is 31.5 Å². The zero-order valence-corrected chi connectivity index (χ0v) is 11.6. The second-order valence-electron chi connectivity index (χ2n) is 4.85. The Morgan fingerprint density at radius 2 is 2.25 bits per heavy atom. The highest BCUT2D eigenvalue weighted by Crippen LogP contribution is 2.29. The summed E-state index contributed by atoms with van der Waals surface area (Å²) in [5, 5.41) is 0.0481. The van der Waals surface area contributed by atoms with Crippen LogP contribution in [0.2, 0.25) is 5.02 Å². The number of rotatable bonds is 2. The lowest BCUT2D eigenvalue weighted by atomic mass is 10.2. The summed E-state index contributed by atoms with van der Waals surface area (Å²) >= 11 is 5.81. The van der Waals surface area contributed by atoms with Crippen LogP contribution >= 0.6 is 11.6 Å². The van der Waals surface area contributed by atoms with Crippen LogP contribution in [0.5, 0.6) is 0 Å². The fraction of sp³-hybridized carbons (Fsp3) is 0.286.